The predicted molar refractivity (Wildman–Crippen MR) is 83.8 cm³/mol. The Morgan fingerprint density at radius 1 is 1.00 bits per heavy atom. The van der Waals surface area contributed by atoms with Gasteiger partial charge in [0.25, 0.3) is 0 Å². The molecule has 1 aromatic heterocycles. The van der Waals surface area contributed by atoms with Crippen molar-refractivity contribution >= 4 is 11.8 Å². The van der Waals surface area contributed by atoms with E-state index >= 15 is 0 Å². The van der Waals surface area contributed by atoms with E-state index in [9.17, 15) is 0 Å². The standard InChI is InChI=1S/C18H16N2/c1-2-6-15(7-3-1)8-4-9-16-11-13-20-18(16)17-10-5-12-19-14-17/h1-10,12,14H,11,13H2/b8-4+,16-9-. The summed E-state index contributed by atoms with van der Waals surface area (Å²) < 4.78 is 0. The summed E-state index contributed by atoms with van der Waals surface area (Å²) in [4.78, 5) is 8.75. The predicted octanol–water partition coefficient (Wildman–Crippen LogP) is 3.91. The fourth-order valence-electron chi connectivity index (χ4n) is 2.29. The molecule has 0 saturated carbocycles. The highest BCUT2D eigenvalue weighted by Gasteiger charge is 2.14. The third-order valence-electron chi connectivity index (χ3n) is 3.28. The fraction of sp³-hybridized carbons (Fsp3) is 0.111. The molecule has 1 aliphatic rings. The van der Waals surface area contributed by atoms with Gasteiger partial charge in [0, 0.05) is 24.5 Å². The summed E-state index contributed by atoms with van der Waals surface area (Å²) in [6.07, 6.45) is 11.0. The van der Waals surface area contributed by atoms with E-state index in [1.807, 2.05) is 30.5 Å². The largest absolute Gasteiger partial charge is 0.284 e. The highest BCUT2D eigenvalue weighted by Crippen LogP contribution is 2.19. The van der Waals surface area contributed by atoms with Crippen LogP contribution in [0.5, 0.6) is 0 Å². The minimum Gasteiger partial charge on any atom is -0.284 e. The molecule has 0 aliphatic carbocycles. The zero-order valence-corrected chi connectivity index (χ0v) is 11.2. The van der Waals surface area contributed by atoms with E-state index in [1.165, 1.54) is 11.1 Å². The molecule has 0 bridgehead atoms. The molecule has 0 saturated heterocycles. The lowest BCUT2D eigenvalue weighted by molar-refractivity contribution is 1.04. The van der Waals surface area contributed by atoms with E-state index in [0.717, 1.165) is 24.2 Å². The van der Waals surface area contributed by atoms with Gasteiger partial charge >= 0.3 is 0 Å². The molecule has 2 heterocycles. The molecule has 1 aromatic carbocycles. The molecule has 0 radical (unpaired) electrons. The van der Waals surface area contributed by atoms with Gasteiger partial charge in [0.1, 0.15) is 0 Å². The van der Waals surface area contributed by atoms with Gasteiger partial charge in [-0.3, -0.25) is 9.98 Å². The Labute approximate surface area is 119 Å². The first-order valence-electron chi connectivity index (χ1n) is 6.81. The highest BCUT2D eigenvalue weighted by atomic mass is 14.8. The molecular formula is C18H16N2. The number of hydrogen-bond acceptors (Lipinski definition) is 2. The summed E-state index contributed by atoms with van der Waals surface area (Å²) in [7, 11) is 0. The van der Waals surface area contributed by atoms with Crippen LogP contribution in [0.3, 0.4) is 0 Å². The molecule has 0 unspecified atom stereocenters. The Bertz CT molecular complexity index is 652. The number of pyridine rings is 1. The first kappa shape index (κ1) is 12.5. The maximum atomic E-state index is 4.59. The van der Waals surface area contributed by atoms with Gasteiger partial charge in [-0.25, -0.2) is 0 Å². The highest BCUT2D eigenvalue weighted by molar-refractivity contribution is 6.13. The van der Waals surface area contributed by atoms with Gasteiger partial charge in [0.15, 0.2) is 0 Å². The minimum absolute atomic E-state index is 0.870. The Kier molecular flexibility index (Phi) is 3.83. The summed E-state index contributed by atoms with van der Waals surface area (Å²) >= 11 is 0. The monoisotopic (exact) mass is 260 g/mol. The Morgan fingerprint density at radius 3 is 2.70 bits per heavy atom. The second-order valence-corrected chi connectivity index (χ2v) is 4.68. The SMILES string of the molecule is C(/C=C/c1ccccc1)=C1\CCN=C1c1cccnc1. The van der Waals surface area contributed by atoms with Crippen molar-refractivity contribution in [3.05, 3.63) is 83.7 Å². The molecular weight excluding hydrogens is 244 g/mol. The first-order chi connectivity index (χ1) is 9.93. The van der Waals surface area contributed by atoms with Gasteiger partial charge in [-0.1, -0.05) is 48.6 Å². The topological polar surface area (TPSA) is 25.2 Å². The van der Waals surface area contributed by atoms with E-state index in [1.54, 1.807) is 6.20 Å². The fourth-order valence-corrected chi connectivity index (χ4v) is 2.29. The number of rotatable bonds is 3. The maximum Gasteiger partial charge on any atom is 0.0694 e. The second-order valence-electron chi connectivity index (χ2n) is 4.68. The lowest BCUT2D eigenvalue weighted by atomic mass is 10.0. The van der Waals surface area contributed by atoms with E-state index in [-0.39, 0.29) is 0 Å². The second kappa shape index (κ2) is 6.11. The molecule has 0 spiro atoms. The average molecular weight is 260 g/mol. The lowest BCUT2D eigenvalue weighted by Crippen LogP contribution is -2.00. The Hall–Kier alpha value is -2.48. The minimum atomic E-state index is 0.870. The van der Waals surface area contributed by atoms with Crippen LogP contribution in [-0.4, -0.2) is 17.2 Å². The van der Waals surface area contributed by atoms with Crippen molar-refractivity contribution in [1.82, 2.24) is 4.98 Å². The number of nitrogens with zero attached hydrogens (tertiary/aromatic N) is 2. The molecule has 3 rings (SSSR count). The number of benzene rings is 1. The number of allylic oxidation sites excluding steroid dienone is 2. The zero-order valence-electron chi connectivity index (χ0n) is 11.2. The van der Waals surface area contributed by atoms with Gasteiger partial charge in [-0.05, 0) is 29.7 Å². The molecule has 0 fully saturated rings. The smallest absolute Gasteiger partial charge is 0.0694 e. The van der Waals surface area contributed by atoms with Crippen molar-refractivity contribution < 1.29 is 0 Å². The third kappa shape index (κ3) is 2.91. The van der Waals surface area contributed by atoms with Crippen LogP contribution in [-0.2, 0) is 0 Å². The van der Waals surface area contributed by atoms with Crippen LogP contribution in [0.2, 0.25) is 0 Å². The van der Waals surface area contributed by atoms with Crippen molar-refractivity contribution in [2.24, 2.45) is 4.99 Å². The summed E-state index contributed by atoms with van der Waals surface area (Å²) in [5, 5.41) is 0. The Balaban J connectivity index is 1.79. The van der Waals surface area contributed by atoms with E-state index in [0.29, 0.717) is 0 Å². The third-order valence-corrected chi connectivity index (χ3v) is 3.28. The van der Waals surface area contributed by atoms with Crippen molar-refractivity contribution in [2.45, 2.75) is 6.42 Å². The molecule has 0 amide bonds. The normalized spacial score (nSPS) is 16.8. The summed E-state index contributed by atoms with van der Waals surface area (Å²) in [5.41, 5.74) is 4.67. The van der Waals surface area contributed by atoms with Crippen LogP contribution >= 0.6 is 0 Å². The van der Waals surface area contributed by atoms with Crippen LogP contribution in [0.15, 0.2) is 77.6 Å². The zero-order chi connectivity index (χ0) is 13.6. The van der Waals surface area contributed by atoms with Crippen molar-refractivity contribution in [3.8, 4) is 0 Å². The van der Waals surface area contributed by atoms with E-state index in [2.05, 4.69) is 46.4 Å². The molecule has 2 aromatic rings. The van der Waals surface area contributed by atoms with Gasteiger partial charge < -0.3 is 0 Å². The van der Waals surface area contributed by atoms with Gasteiger partial charge in [-0.15, -0.1) is 0 Å². The summed E-state index contributed by atoms with van der Waals surface area (Å²) in [6.45, 7) is 0.870. The van der Waals surface area contributed by atoms with Crippen molar-refractivity contribution in [3.63, 3.8) is 0 Å². The van der Waals surface area contributed by atoms with Crippen molar-refractivity contribution in [1.29, 1.82) is 0 Å². The van der Waals surface area contributed by atoms with Gasteiger partial charge in [0.05, 0.1) is 5.71 Å². The van der Waals surface area contributed by atoms with Crippen LogP contribution in [0, 0.1) is 0 Å². The lowest BCUT2D eigenvalue weighted by Gasteiger charge is -2.02. The molecule has 2 nitrogen and oxygen atoms in total. The summed E-state index contributed by atoms with van der Waals surface area (Å²) in [5.74, 6) is 0. The molecule has 2 heteroatoms. The quantitative estimate of drug-likeness (QED) is 0.821. The molecule has 0 atom stereocenters. The number of aliphatic imine (C=N–C) groups is 1. The summed E-state index contributed by atoms with van der Waals surface area (Å²) in [6, 6.07) is 14.3. The van der Waals surface area contributed by atoms with E-state index in [4.69, 9.17) is 0 Å². The van der Waals surface area contributed by atoms with Gasteiger partial charge in [-0.2, -0.15) is 0 Å². The van der Waals surface area contributed by atoms with Crippen LogP contribution in [0.25, 0.3) is 6.08 Å². The van der Waals surface area contributed by atoms with Gasteiger partial charge in [0.2, 0.25) is 0 Å². The Morgan fingerprint density at radius 2 is 1.90 bits per heavy atom. The van der Waals surface area contributed by atoms with Crippen LogP contribution in [0.4, 0.5) is 0 Å². The first-order valence-corrected chi connectivity index (χ1v) is 6.81. The number of aromatic nitrogens is 1. The average Bonchev–Trinajstić information content (AvgIpc) is 2.98. The number of hydrogen-bond donors (Lipinski definition) is 0. The van der Waals surface area contributed by atoms with E-state index < -0.39 is 0 Å². The molecule has 98 valence electrons. The van der Waals surface area contributed by atoms with Crippen LogP contribution < -0.4 is 0 Å². The molecule has 1 aliphatic heterocycles. The van der Waals surface area contributed by atoms with Crippen molar-refractivity contribution in [2.75, 3.05) is 6.54 Å². The van der Waals surface area contributed by atoms with Crippen LogP contribution in [0.1, 0.15) is 17.5 Å². The maximum absolute atomic E-state index is 4.59. The molecule has 20 heavy (non-hydrogen) atoms. The molecule has 0 N–H and O–H groups in total.